The van der Waals surface area contributed by atoms with Gasteiger partial charge in [0.1, 0.15) is 30.5 Å². The van der Waals surface area contributed by atoms with Crippen LogP contribution in [0, 0.1) is 0 Å². The summed E-state index contributed by atoms with van der Waals surface area (Å²) < 4.78 is 58.7. The van der Waals surface area contributed by atoms with Crippen molar-refractivity contribution < 1.29 is 56.2 Å². The molecule has 0 amide bonds. The van der Waals surface area contributed by atoms with Crippen LogP contribution in [0.3, 0.4) is 0 Å². The molecule has 1 aliphatic heterocycles. The van der Waals surface area contributed by atoms with Crippen molar-refractivity contribution in [1.82, 2.24) is 0 Å². The Kier molecular flexibility index (Phi) is 29.9. The zero-order valence-corrected chi connectivity index (χ0v) is 33.1. The van der Waals surface area contributed by atoms with Gasteiger partial charge in [0.2, 0.25) is 0 Å². The van der Waals surface area contributed by atoms with E-state index >= 15 is 0 Å². The molecule has 1 rings (SSSR count). The van der Waals surface area contributed by atoms with Gasteiger partial charge in [0, 0.05) is 13.0 Å². The number of esters is 1. The summed E-state index contributed by atoms with van der Waals surface area (Å²) in [4.78, 5) is 12.8. The van der Waals surface area contributed by atoms with E-state index < -0.39 is 59.8 Å². The molecule has 308 valence electrons. The molecule has 0 aromatic carbocycles. The fraction of sp³-hybridized carbons (Fsp3) is 0.775. The summed E-state index contributed by atoms with van der Waals surface area (Å²) in [6.45, 7) is 3.70. The highest BCUT2D eigenvalue weighted by atomic mass is 32.3. The second-order valence-electron chi connectivity index (χ2n) is 13.5. The van der Waals surface area contributed by atoms with Crippen molar-refractivity contribution in [3.8, 4) is 0 Å². The summed E-state index contributed by atoms with van der Waals surface area (Å²) in [5.74, 6) is -0.421. The molecule has 53 heavy (non-hydrogen) atoms. The van der Waals surface area contributed by atoms with E-state index in [-0.39, 0.29) is 19.6 Å². The van der Waals surface area contributed by atoms with Gasteiger partial charge in [-0.05, 0) is 44.9 Å². The zero-order chi connectivity index (χ0) is 39.0. The number of unbranched alkanes of at least 4 members (excludes halogenated alkanes) is 12. The minimum atomic E-state index is -5.06. The average Bonchev–Trinajstić information content (AvgIpc) is 3.12. The molecular formula is C40H70O12S. The Hall–Kier alpha value is -1.94. The molecule has 0 aliphatic carbocycles. The molecule has 13 heteroatoms. The van der Waals surface area contributed by atoms with Crippen LogP contribution >= 0.6 is 0 Å². The lowest BCUT2D eigenvalue weighted by atomic mass is 9.99. The van der Waals surface area contributed by atoms with Crippen LogP contribution in [0.15, 0.2) is 48.6 Å². The second kappa shape index (κ2) is 32.3. The fourth-order valence-electron chi connectivity index (χ4n) is 5.73. The minimum absolute atomic E-state index is 0.00178. The minimum Gasteiger partial charge on any atom is -0.457 e. The maximum atomic E-state index is 12.8. The van der Waals surface area contributed by atoms with Crippen molar-refractivity contribution in [3.63, 3.8) is 0 Å². The molecule has 0 saturated carbocycles. The smallest absolute Gasteiger partial charge is 0.397 e. The summed E-state index contributed by atoms with van der Waals surface area (Å²) >= 11 is 0. The van der Waals surface area contributed by atoms with E-state index in [2.05, 4.69) is 66.6 Å². The van der Waals surface area contributed by atoms with Crippen molar-refractivity contribution in [2.24, 2.45) is 0 Å². The number of aliphatic hydroxyl groups excluding tert-OH is 3. The average molecular weight is 775 g/mol. The summed E-state index contributed by atoms with van der Waals surface area (Å²) in [6.07, 6.45) is 27.4. The van der Waals surface area contributed by atoms with Crippen molar-refractivity contribution in [3.05, 3.63) is 48.6 Å². The first-order chi connectivity index (χ1) is 25.6. The van der Waals surface area contributed by atoms with Crippen LogP contribution in [0.5, 0.6) is 0 Å². The standard InChI is InChI=1S/C40H70O12S/c1-3-5-7-9-11-13-15-17-18-20-22-24-26-28-30-48-32-34(50-36(42)29-27-25-23-21-19-16-14-12-10-8-6-4-2)33-49-40-38(44)39(52-53(45,46)47)37(43)35(31-41)51-40/h5,7,11,13,17-18,22,24,34-35,37-41,43-44H,3-4,6,8-10,12,14-16,19-21,23,25-33H2,1-2H3,(H,45,46,47)/b7-5-,13-11-,18-17-,24-22-. The maximum absolute atomic E-state index is 12.8. The molecule has 4 N–H and O–H groups in total. The first-order valence-electron chi connectivity index (χ1n) is 19.9. The number of hydrogen-bond acceptors (Lipinski definition) is 11. The Morgan fingerprint density at radius 3 is 1.83 bits per heavy atom. The van der Waals surface area contributed by atoms with Crippen molar-refractivity contribution in [1.29, 1.82) is 0 Å². The van der Waals surface area contributed by atoms with Gasteiger partial charge in [-0.1, -0.05) is 133 Å². The summed E-state index contributed by atoms with van der Waals surface area (Å²) in [5.41, 5.74) is 0. The molecule has 1 fully saturated rings. The predicted molar refractivity (Wildman–Crippen MR) is 206 cm³/mol. The van der Waals surface area contributed by atoms with Crippen LogP contribution in [0.2, 0.25) is 0 Å². The van der Waals surface area contributed by atoms with Gasteiger partial charge in [-0.2, -0.15) is 8.42 Å². The number of allylic oxidation sites excluding steroid dienone is 8. The second-order valence-corrected chi connectivity index (χ2v) is 14.5. The highest BCUT2D eigenvalue weighted by Crippen LogP contribution is 2.26. The quantitative estimate of drug-likeness (QED) is 0.0228. The van der Waals surface area contributed by atoms with Gasteiger partial charge in [0.05, 0.1) is 19.8 Å². The summed E-state index contributed by atoms with van der Waals surface area (Å²) in [7, 11) is -5.06. The molecule has 0 spiro atoms. The van der Waals surface area contributed by atoms with E-state index in [1.165, 1.54) is 51.4 Å². The van der Waals surface area contributed by atoms with Gasteiger partial charge in [0.25, 0.3) is 0 Å². The number of carbonyl (C=O) groups excluding carboxylic acids is 1. The van der Waals surface area contributed by atoms with Gasteiger partial charge in [0.15, 0.2) is 6.29 Å². The Morgan fingerprint density at radius 1 is 0.736 bits per heavy atom. The van der Waals surface area contributed by atoms with Gasteiger partial charge in [-0.3, -0.25) is 9.35 Å². The molecule has 6 unspecified atom stereocenters. The molecule has 12 nitrogen and oxygen atoms in total. The number of carbonyl (C=O) groups is 1. The van der Waals surface area contributed by atoms with Crippen molar-refractivity contribution >= 4 is 16.4 Å². The molecule has 1 heterocycles. The van der Waals surface area contributed by atoms with E-state index in [0.717, 1.165) is 57.8 Å². The van der Waals surface area contributed by atoms with Gasteiger partial charge in [-0.25, -0.2) is 4.18 Å². The molecule has 1 aliphatic rings. The highest BCUT2D eigenvalue weighted by molar-refractivity contribution is 7.80. The third-order valence-electron chi connectivity index (χ3n) is 8.72. The summed E-state index contributed by atoms with van der Waals surface area (Å²) in [5, 5.41) is 30.5. The fourth-order valence-corrected chi connectivity index (χ4v) is 6.24. The SMILES string of the molecule is CC/C=C\C/C=C\C/C=C\C/C=C\CCCOCC(COC1OC(CO)C(O)C(OS(=O)(=O)O)C1O)OC(=O)CCCCCCCCCCCCCC. The Labute approximate surface area is 319 Å². The highest BCUT2D eigenvalue weighted by Gasteiger charge is 2.48. The zero-order valence-electron chi connectivity index (χ0n) is 32.3. The molecule has 0 aromatic heterocycles. The van der Waals surface area contributed by atoms with Crippen molar-refractivity contribution in [2.45, 2.75) is 173 Å². The lowest BCUT2D eigenvalue weighted by Crippen LogP contribution is -2.60. The van der Waals surface area contributed by atoms with E-state index in [9.17, 15) is 28.5 Å². The van der Waals surface area contributed by atoms with Crippen LogP contribution in [0.1, 0.15) is 136 Å². The topological polar surface area (TPSA) is 178 Å². The first kappa shape index (κ1) is 49.1. The van der Waals surface area contributed by atoms with Gasteiger partial charge in [-0.15, -0.1) is 0 Å². The van der Waals surface area contributed by atoms with Crippen LogP contribution in [0.4, 0.5) is 0 Å². The van der Waals surface area contributed by atoms with Crippen LogP contribution in [-0.4, -0.2) is 97.5 Å². The third kappa shape index (κ3) is 26.5. The van der Waals surface area contributed by atoms with E-state index in [4.69, 9.17) is 23.5 Å². The summed E-state index contributed by atoms with van der Waals surface area (Å²) in [6, 6.07) is 0. The molecule has 1 saturated heterocycles. The number of rotatable bonds is 33. The number of aliphatic hydroxyl groups is 3. The van der Waals surface area contributed by atoms with Gasteiger partial charge < -0.3 is 34.3 Å². The van der Waals surface area contributed by atoms with Crippen LogP contribution in [0.25, 0.3) is 0 Å². The van der Waals surface area contributed by atoms with Gasteiger partial charge >= 0.3 is 16.4 Å². The lowest BCUT2D eigenvalue weighted by Gasteiger charge is -2.41. The normalized spacial score (nSPS) is 21.8. The Balaban J connectivity index is 2.54. The molecular weight excluding hydrogens is 704 g/mol. The Bertz CT molecular complexity index is 1120. The molecule has 0 aromatic rings. The lowest BCUT2D eigenvalue weighted by molar-refractivity contribution is -0.301. The molecule has 0 radical (unpaired) electrons. The number of hydrogen-bond donors (Lipinski definition) is 4. The van der Waals surface area contributed by atoms with E-state index in [1.54, 1.807) is 0 Å². The Morgan fingerprint density at radius 2 is 1.28 bits per heavy atom. The largest absolute Gasteiger partial charge is 0.457 e. The third-order valence-corrected chi connectivity index (χ3v) is 9.18. The predicted octanol–water partition coefficient (Wildman–Crippen LogP) is 7.23. The maximum Gasteiger partial charge on any atom is 0.397 e. The van der Waals surface area contributed by atoms with Crippen molar-refractivity contribution in [2.75, 3.05) is 26.4 Å². The van der Waals surface area contributed by atoms with E-state index in [0.29, 0.717) is 13.0 Å². The number of ether oxygens (including phenoxy) is 4. The van der Waals surface area contributed by atoms with Crippen LogP contribution < -0.4 is 0 Å². The first-order valence-corrected chi connectivity index (χ1v) is 21.3. The van der Waals surface area contributed by atoms with Crippen LogP contribution in [-0.2, 0) is 38.3 Å². The molecule has 6 atom stereocenters. The molecule has 0 bridgehead atoms. The monoisotopic (exact) mass is 774 g/mol. The van der Waals surface area contributed by atoms with E-state index in [1.807, 2.05) is 0 Å².